The summed E-state index contributed by atoms with van der Waals surface area (Å²) in [6.45, 7) is 7.67. The number of carbonyl (C=O) groups excluding carboxylic acids is 3. The molecule has 4 rings (SSSR count). The molecule has 2 amide bonds. The van der Waals surface area contributed by atoms with Crippen molar-refractivity contribution in [3.8, 4) is 0 Å². The molecule has 2 fully saturated rings. The minimum atomic E-state index is -0.414. The first-order valence-electron chi connectivity index (χ1n) is 9.35. The van der Waals surface area contributed by atoms with E-state index in [4.69, 9.17) is 4.74 Å². The van der Waals surface area contributed by atoms with Crippen LogP contribution in [0.2, 0.25) is 0 Å². The van der Waals surface area contributed by atoms with Crippen LogP contribution in [-0.4, -0.2) is 23.9 Å². The second-order valence-corrected chi connectivity index (χ2v) is 7.96. The van der Waals surface area contributed by atoms with Crippen molar-refractivity contribution < 1.29 is 19.1 Å². The molecule has 2 bridgehead atoms. The predicted molar refractivity (Wildman–Crippen MR) is 101 cm³/mol. The van der Waals surface area contributed by atoms with Crippen LogP contribution >= 0.6 is 0 Å². The molecule has 0 radical (unpaired) electrons. The molecule has 5 heteroatoms. The van der Waals surface area contributed by atoms with Crippen molar-refractivity contribution in [1.29, 1.82) is 0 Å². The van der Waals surface area contributed by atoms with Crippen LogP contribution in [0.5, 0.6) is 0 Å². The van der Waals surface area contributed by atoms with Gasteiger partial charge in [0.05, 0.1) is 29.2 Å². The van der Waals surface area contributed by atoms with Gasteiger partial charge in [-0.25, -0.2) is 9.69 Å². The number of fused-ring (bicyclic) bond motifs is 5. The Balaban J connectivity index is 1.61. The number of nitrogens with zero attached hydrogens (tertiary/aromatic N) is 1. The number of amides is 2. The van der Waals surface area contributed by atoms with Crippen LogP contribution in [0.4, 0.5) is 5.69 Å². The molecule has 1 saturated heterocycles. The van der Waals surface area contributed by atoms with E-state index >= 15 is 0 Å². The molecule has 0 aromatic heterocycles. The monoisotopic (exact) mass is 365 g/mol. The standard InChI is InChI=1S/C22H23NO4/c1-11(2)17-15-9-10-16(17)19-18(15)20(24)23(21(19)25)14-7-5-13(6-8-14)22(26)27-12(3)4/h5-10,12,15-16,18-19H,1-4H3/t15-,16-,18-,19+/m1/s1. The second kappa shape index (κ2) is 6.19. The molecule has 27 heavy (non-hydrogen) atoms. The quantitative estimate of drug-likeness (QED) is 0.467. The van der Waals surface area contributed by atoms with Crippen molar-refractivity contribution in [1.82, 2.24) is 0 Å². The molecule has 1 heterocycles. The van der Waals surface area contributed by atoms with Crippen molar-refractivity contribution >= 4 is 23.5 Å². The molecule has 4 atom stereocenters. The Morgan fingerprint density at radius 3 is 1.93 bits per heavy atom. The minimum absolute atomic E-state index is 0.0340. The maximum absolute atomic E-state index is 13.1. The predicted octanol–water partition coefficient (Wildman–Crippen LogP) is 3.51. The van der Waals surface area contributed by atoms with Gasteiger partial charge in [0, 0.05) is 11.8 Å². The van der Waals surface area contributed by atoms with Gasteiger partial charge < -0.3 is 4.74 Å². The zero-order valence-corrected chi connectivity index (χ0v) is 15.9. The fraction of sp³-hybridized carbons (Fsp3) is 0.409. The summed E-state index contributed by atoms with van der Waals surface area (Å²) in [6.07, 6.45) is 3.95. The molecule has 1 aromatic carbocycles. The fourth-order valence-electron chi connectivity index (χ4n) is 4.71. The van der Waals surface area contributed by atoms with Crippen LogP contribution < -0.4 is 4.90 Å². The molecule has 1 aliphatic heterocycles. The van der Waals surface area contributed by atoms with Gasteiger partial charge in [-0.3, -0.25) is 9.59 Å². The summed E-state index contributed by atoms with van der Waals surface area (Å²) in [5, 5.41) is 0. The van der Waals surface area contributed by atoms with Crippen LogP contribution in [-0.2, 0) is 14.3 Å². The number of hydrogen-bond acceptors (Lipinski definition) is 4. The summed E-state index contributed by atoms with van der Waals surface area (Å²) in [5.41, 5.74) is 3.35. The highest BCUT2D eigenvalue weighted by Crippen LogP contribution is 2.57. The third-order valence-corrected chi connectivity index (χ3v) is 5.70. The number of allylic oxidation sites excluding steroid dienone is 4. The highest BCUT2D eigenvalue weighted by atomic mass is 16.5. The van der Waals surface area contributed by atoms with Gasteiger partial charge in [-0.1, -0.05) is 23.3 Å². The number of carbonyl (C=O) groups is 3. The second-order valence-electron chi connectivity index (χ2n) is 7.96. The molecule has 0 spiro atoms. The molecular formula is C22H23NO4. The van der Waals surface area contributed by atoms with Crippen molar-refractivity contribution in [2.45, 2.75) is 33.8 Å². The van der Waals surface area contributed by atoms with Gasteiger partial charge in [0.2, 0.25) is 11.8 Å². The Morgan fingerprint density at radius 1 is 0.963 bits per heavy atom. The Labute approximate surface area is 158 Å². The van der Waals surface area contributed by atoms with E-state index in [9.17, 15) is 14.4 Å². The molecular weight excluding hydrogens is 342 g/mol. The summed E-state index contributed by atoms with van der Waals surface area (Å²) in [4.78, 5) is 39.4. The van der Waals surface area contributed by atoms with Crippen LogP contribution in [0.25, 0.3) is 0 Å². The van der Waals surface area contributed by atoms with Crippen LogP contribution in [0, 0.1) is 23.7 Å². The zero-order valence-electron chi connectivity index (χ0n) is 15.9. The minimum Gasteiger partial charge on any atom is -0.459 e. The van der Waals surface area contributed by atoms with Crippen LogP contribution in [0.3, 0.4) is 0 Å². The lowest BCUT2D eigenvalue weighted by Crippen LogP contribution is -2.33. The number of ether oxygens (including phenoxy) is 1. The van der Waals surface area contributed by atoms with Gasteiger partial charge >= 0.3 is 5.97 Å². The normalized spacial score (nSPS) is 28.3. The first-order valence-corrected chi connectivity index (χ1v) is 9.35. The molecule has 1 aromatic rings. The molecule has 0 N–H and O–H groups in total. The van der Waals surface area contributed by atoms with E-state index in [1.165, 1.54) is 16.0 Å². The first-order chi connectivity index (χ1) is 12.8. The number of rotatable bonds is 3. The fourth-order valence-corrected chi connectivity index (χ4v) is 4.71. The third-order valence-electron chi connectivity index (χ3n) is 5.70. The average Bonchev–Trinajstić information content (AvgIpc) is 3.24. The number of anilines is 1. The Bertz CT molecular complexity index is 855. The van der Waals surface area contributed by atoms with Gasteiger partial charge in [-0.05, 0) is 52.0 Å². The number of hydrogen-bond donors (Lipinski definition) is 0. The molecule has 2 aliphatic carbocycles. The Hall–Kier alpha value is -2.69. The molecule has 5 nitrogen and oxygen atoms in total. The summed E-state index contributed by atoms with van der Waals surface area (Å²) in [6, 6.07) is 6.49. The number of benzene rings is 1. The summed E-state index contributed by atoms with van der Waals surface area (Å²) < 4.78 is 5.18. The van der Waals surface area contributed by atoms with Gasteiger partial charge in [-0.15, -0.1) is 0 Å². The van der Waals surface area contributed by atoms with E-state index < -0.39 is 5.97 Å². The van der Waals surface area contributed by atoms with Crippen molar-refractivity contribution in [3.05, 3.63) is 53.1 Å². The largest absolute Gasteiger partial charge is 0.459 e. The lowest BCUT2D eigenvalue weighted by Gasteiger charge is -2.19. The third kappa shape index (κ3) is 2.56. The van der Waals surface area contributed by atoms with E-state index in [0.29, 0.717) is 11.3 Å². The average molecular weight is 365 g/mol. The lowest BCUT2D eigenvalue weighted by molar-refractivity contribution is -0.122. The van der Waals surface area contributed by atoms with Crippen LogP contribution in [0.15, 0.2) is 47.6 Å². The van der Waals surface area contributed by atoms with E-state index in [1.54, 1.807) is 38.1 Å². The highest BCUT2D eigenvalue weighted by Gasteiger charge is 2.61. The Morgan fingerprint density at radius 2 is 1.48 bits per heavy atom. The molecule has 140 valence electrons. The van der Waals surface area contributed by atoms with Gasteiger partial charge in [0.15, 0.2) is 0 Å². The van der Waals surface area contributed by atoms with Crippen LogP contribution in [0.1, 0.15) is 38.1 Å². The molecule has 1 saturated carbocycles. The number of imide groups is 1. The zero-order chi connectivity index (χ0) is 19.5. The van der Waals surface area contributed by atoms with E-state index in [1.807, 2.05) is 13.8 Å². The maximum Gasteiger partial charge on any atom is 0.338 e. The summed E-state index contributed by atoms with van der Waals surface area (Å²) in [5.74, 6) is -1.23. The topological polar surface area (TPSA) is 63.7 Å². The molecule has 0 unspecified atom stereocenters. The molecule has 3 aliphatic rings. The lowest BCUT2D eigenvalue weighted by atomic mass is 9.85. The van der Waals surface area contributed by atoms with Gasteiger partial charge in [-0.2, -0.15) is 0 Å². The van der Waals surface area contributed by atoms with Gasteiger partial charge in [0.25, 0.3) is 0 Å². The number of esters is 1. The van der Waals surface area contributed by atoms with E-state index in [0.717, 1.165) is 0 Å². The first kappa shape index (κ1) is 17.7. The Kier molecular flexibility index (Phi) is 4.06. The van der Waals surface area contributed by atoms with E-state index in [-0.39, 0.29) is 41.6 Å². The van der Waals surface area contributed by atoms with Gasteiger partial charge in [0.1, 0.15) is 0 Å². The maximum atomic E-state index is 13.1. The summed E-state index contributed by atoms with van der Waals surface area (Å²) in [7, 11) is 0. The SMILES string of the molecule is CC(C)=C1[C@H]2C=C[C@H]1[C@H]1C(=O)N(c3ccc(C(=O)OC(C)C)cc3)C(=O)[C@H]12. The van der Waals surface area contributed by atoms with Crippen molar-refractivity contribution in [3.63, 3.8) is 0 Å². The summed E-state index contributed by atoms with van der Waals surface area (Å²) >= 11 is 0. The smallest absolute Gasteiger partial charge is 0.338 e. The van der Waals surface area contributed by atoms with E-state index in [2.05, 4.69) is 12.2 Å². The van der Waals surface area contributed by atoms with Crippen molar-refractivity contribution in [2.24, 2.45) is 23.7 Å². The van der Waals surface area contributed by atoms with Crippen molar-refractivity contribution in [2.75, 3.05) is 4.90 Å². The highest BCUT2D eigenvalue weighted by molar-refractivity contribution is 6.23.